The van der Waals surface area contributed by atoms with Crippen LogP contribution in [-0.2, 0) is 4.79 Å². The number of unbranched alkanes of at least 4 members (excludes halogenated alkanes) is 2. The minimum atomic E-state index is -1.02. The Kier molecular flexibility index (Phi) is 7.92. The van der Waals surface area contributed by atoms with Crippen LogP contribution in [-0.4, -0.2) is 27.9 Å². The van der Waals surface area contributed by atoms with Crippen molar-refractivity contribution in [2.24, 2.45) is 0 Å². The molecule has 0 unspecified atom stereocenters. The van der Waals surface area contributed by atoms with E-state index >= 15 is 0 Å². The van der Waals surface area contributed by atoms with Crippen molar-refractivity contribution >= 4 is 17.1 Å². The van der Waals surface area contributed by atoms with Gasteiger partial charge >= 0.3 is 5.97 Å². The molecule has 3 aromatic carbocycles. The van der Waals surface area contributed by atoms with E-state index < -0.39 is 5.97 Å². The fourth-order valence-electron chi connectivity index (χ4n) is 3.63. The second-order valence-electron chi connectivity index (χ2n) is 7.61. The summed E-state index contributed by atoms with van der Waals surface area (Å²) in [5.74, 6) is -0.117. The van der Waals surface area contributed by atoms with Gasteiger partial charge in [0.15, 0.2) is 6.61 Å². The Labute approximate surface area is 188 Å². The summed E-state index contributed by atoms with van der Waals surface area (Å²) in [7, 11) is 0. The molecule has 0 aliphatic heterocycles. The van der Waals surface area contributed by atoms with Crippen molar-refractivity contribution in [2.45, 2.75) is 32.6 Å². The number of hydrogen-bond acceptors (Lipinski definition) is 4. The third kappa shape index (κ3) is 6.14. The first-order valence-electron chi connectivity index (χ1n) is 10.7. The van der Waals surface area contributed by atoms with Crippen molar-refractivity contribution in [1.29, 1.82) is 0 Å². The van der Waals surface area contributed by atoms with Gasteiger partial charge < -0.3 is 20.1 Å². The molecule has 0 heterocycles. The number of phenolic OH excluding ortho intramolecular Hbond substituents is 2. The van der Waals surface area contributed by atoms with Gasteiger partial charge in [0.2, 0.25) is 0 Å². The molecule has 0 fully saturated rings. The van der Waals surface area contributed by atoms with Crippen molar-refractivity contribution in [2.75, 3.05) is 6.61 Å². The summed E-state index contributed by atoms with van der Waals surface area (Å²) in [6.07, 6.45) is 4.06. The first kappa shape index (κ1) is 22.9. The molecule has 166 valence electrons. The summed E-state index contributed by atoms with van der Waals surface area (Å²) in [5.41, 5.74) is 5.11. The highest BCUT2D eigenvalue weighted by molar-refractivity contribution is 5.98. The molecule has 0 aromatic heterocycles. The van der Waals surface area contributed by atoms with Gasteiger partial charge in [-0.25, -0.2) is 4.79 Å². The maximum atomic E-state index is 10.8. The molecular weight excluding hydrogens is 404 g/mol. The lowest BCUT2D eigenvalue weighted by Crippen LogP contribution is -2.09. The molecule has 0 aliphatic carbocycles. The van der Waals surface area contributed by atoms with Gasteiger partial charge in [-0.3, -0.25) is 0 Å². The van der Waals surface area contributed by atoms with E-state index in [0.29, 0.717) is 5.75 Å². The maximum absolute atomic E-state index is 10.8. The molecule has 0 radical (unpaired) electrons. The highest BCUT2D eigenvalue weighted by atomic mass is 16.5. The molecule has 0 spiro atoms. The smallest absolute Gasteiger partial charge is 0.341 e. The van der Waals surface area contributed by atoms with Crippen molar-refractivity contribution in [3.05, 3.63) is 89.5 Å². The van der Waals surface area contributed by atoms with Crippen LogP contribution in [0.4, 0.5) is 0 Å². The minimum Gasteiger partial charge on any atom is -0.508 e. The Morgan fingerprint density at radius 2 is 1.25 bits per heavy atom. The number of rotatable bonds is 10. The predicted molar refractivity (Wildman–Crippen MR) is 126 cm³/mol. The number of phenols is 2. The van der Waals surface area contributed by atoms with Crippen LogP contribution in [0.3, 0.4) is 0 Å². The van der Waals surface area contributed by atoms with Crippen LogP contribution in [0.5, 0.6) is 17.2 Å². The van der Waals surface area contributed by atoms with Gasteiger partial charge in [-0.15, -0.1) is 0 Å². The lowest BCUT2D eigenvalue weighted by atomic mass is 9.87. The number of ether oxygens (including phenoxy) is 1. The largest absolute Gasteiger partial charge is 0.508 e. The van der Waals surface area contributed by atoms with Crippen LogP contribution in [0.25, 0.3) is 11.1 Å². The quantitative estimate of drug-likeness (QED) is 0.266. The average Bonchev–Trinajstić information content (AvgIpc) is 2.79. The normalized spacial score (nSPS) is 10.5. The number of benzene rings is 3. The van der Waals surface area contributed by atoms with E-state index in [4.69, 9.17) is 9.84 Å². The number of allylic oxidation sites excluding steroid dienone is 1. The molecule has 0 saturated heterocycles. The number of carboxylic acids is 1. The van der Waals surface area contributed by atoms with E-state index in [9.17, 15) is 15.0 Å². The van der Waals surface area contributed by atoms with Crippen LogP contribution in [0.2, 0.25) is 0 Å². The summed E-state index contributed by atoms with van der Waals surface area (Å²) in [6, 6.07) is 21.7. The van der Waals surface area contributed by atoms with Crippen molar-refractivity contribution in [3.8, 4) is 17.2 Å². The molecule has 0 amide bonds. The zero-order valence-corrected chi connectivity index (χ0v) is 18.1. The number of aliphatic carboxylic acids is 1. The third-order valence-corrected chi connectivity index (χ3v) is 5.21. The molecule has 0 saturated carbocycles. The van der Waals surface area contributed by atoms with Gasteiger partial charge in [0.25, 0.3) is 0 Å². The SMILES string of the molecule is CCCCCC(=C(c1ccc(O)cc1)c1ccc(O)cc1)c1ccc(OCC(=O)O)cc1. The Bertz CT molecular complexity index is 1000. The summed E-state index contributed by atoms with van der Waals surface area (Å²) >= 11 is 0. The van der Waals surface area contributed by atoms with Crippen LogP contribution >= 0.6 is 0 Å². The van der Waals surface area contributed by atoms with Crippen molar-refractivity contribution < 1.29 is 24.9 Å². The first-order chi connectivity index (χ1) is 15.5. The monoisotopic (exact) mass is 432 g/mol. The molecule has 3 N–H and O–H groups in total. The number of aromatic hydroxyl groups is 2. The average molecular weight is 433 g/mol. The summed E-state index contributed by atoms with van der Waals surface area (Å²) < 4.78 is 5.29. The van der Waals surface area contributed by atoms with Crippen molar-refractivity contribution in [1.82, 2.24) is 0 Å². The Balaban J connectivity index is 2.12. The first-order valence-corrected chi connectivity index (χ1v) is 10.7. The van der Waals surface area contributed by atoms with E-state index in [2.05, 4.69) is 6.92 Å². The van der Waals surface area contributed by atoms with Crippen LogP contribution in [0.1, 0.15) is 49.3 Å². The second-order valence-corrected chi connectivity index (χ2v) is 7.61. The molecule has 5 heteroatoms. The number of hydrogen-bond donors (Lipinski definition) is 3. The predicted octanol–water partition coefficient (Wildman–Crippen LogP) is 6.10. The fraction of sp³-hybridized carbons (Fsp3) is 0.222. The van der Waals surface area contributed by atoms with Gasteiger partial charge in [0.1, 0.15) is 17.2 Å². The molecule has 0 bridgehead atoms. The van der Waals surface area contributed by atoms with Gasteiger partial charge in [-0.1, -0.05) is 56.2 Å². The topological polar surface area (TPSA) is 87.0 Å². The number of carbonyl (C=O) groups is 1. The standard InChI is InChI=1S/C27H28O5/c1-2-3-4-5-25(19-10-16-24(17-11-19)32-18-26(30)31)27(20-6-12-22(28)13-7-20)21-8-14-23(29)15-9-21/h6-17,28-29H,2-5,18H2,1H3,(H,30,31). The van der Waals surface area contributed by atoms with Crippen LogP contribution < -0.4 is 4.74 Å². The summed E-state index contributed by atoms with van der Waals surface area (Å²) in [5, 5.41) is 28.4. The van der Waals surface area contributed by atoms with E-state index in [1.54, 1.807) is 36.4 Å². The van der Waals surface area contributed by atoms with E-state index in [1.165, 1.54) is 0 Å². The summed E-state index contributed by atoms with van der Waals surface area (Å²) in [6.45, 7) is 1.78. The van der Waals surface area contributed by atoms with Gasteiger partial charge in [-0.2, -0.15) is 0 Å². The van der Waals surface area contributed by atoms with Gasteiger partial charge in [-0.05, 0) is 77.1 Å². The zero-order chi connectivity index (χ0) is 22.9. The molecule has 3 aromatic rings. The minimum absolute atomic E-state index is 0.200. The van der Waals surface area contributed by atoms with Crippen molar-refractivity contribution in [3.63, 3.8) is 0 Å². The molecule has 0 aliphatic rings. The van der Waals surface area contributed by atoms with Gasteiger partial charge in [0, 0.05) is 0 Å². The summed E-state index contributed by atoms with van der Waals surface area (Å²) in [4.78, 5) is 10.8. The highest BCUT2D eigenvalue weighted by Crippen LogP contribution is 2.37. The third-order valence-electron chi connectivity index (χ3n) is 5.21. The van der Waals surface area contributed by atoms with E-state index in [1.807, 2.05) is 36.4 Å². The Hall–Kier alpha value is -3.73. The molecule has 5 nitrogen and oxygen atoms in total. The van der Waals surface area contributed by atoms with Gasteiger partial charge in [0.05, 0.1) is 0 Å². The van der Waals surface area contributed by atoms with E-state index in [0.717, 1.165) is 53.5 Å². The Morgan fingerprint density at radius 1 is 0.750 bits per heavy atom. The van der Waals surface area contributed by atoms with Crippen LogP contribution in [0.15, 0.2) is 72.8 Å². The fourth-order valence-corrected chi connectivity index (χ4v) is 3.63. The molecule has 32 heavy (non-hydrogen) atoms. The molecular formula is C27H28O5. The maximum Gasteiger partial charge on any atom is 0.341 e. The molecule has 3 rings (SSSR count). The molecule has 0 atom stereocenters. The lowest BCUT2D eigenvalue weighted by molar-refractivity contribution is -0.139. The Morgan fingerprint density at radius 3 is 1.72 bits per heavy atom. The lowest BCUT2D eigenvalue weighted by Gasteiger charge is -2.18. The van der Waals surface area contributed by atoms with Crippen LogP contribution in [0, 0.1) is 0 Å². The zero-order valence-electron chi connectivity index (χ0n) is 18.1. The highest BCUT2D eigenvalue weighted by Gasteiger charge is 2.15. The number of carboxylic acid groups (broad SMARTS) is 1. The second kappa shape index (κ2) is 11.0. The van der Waals surface area contributed by atoms with E-state index in [-0.39, 0.29) is 18.1 Å².